The van der Waals surface area contributed by atoms with Crippen molar-refractivity contribution in [1.29, 1.82) is 0 Å². The van der Waals surface area contributed by atoms with Gasteiger partial charge in [0.1, 0.15) is 17.7 Å². The van der Waals surface area contributed by atoms with Gasteiger partial charge < -0.3 is 4.90 Å². The van der Waals surface area contributed by atoms with Gasteiger partial charge >= 0.3 is 0 Å². The molecule has 1 atom stereocenters. The molecule has 2 saturated heterocycles. The lowest BCUT2D eigenvalue weighted by molar-refractivity contribution is -0.136. The lowest BCUT2D eigenvalue weighted by atomic mass is 9.86. The van der Waals surface area contributed by atoms with Gasteiger partial charge in [-0.1, -0.05) is 6.07 Å². The van der Waals surface area contributed by atoms with Gasteiger partial charge in [-0.2, -0.15) is 5.10 Å². The number of benzene rings is 2. The van der Waals surface area contributed by atoms with Crippen molar-refractivity contribution in [2.45, 2.75) is 50.7 Å². The highest BCUT2D eigenvalue weighted by atomic mass is 19.1. The zero-order valence-electron chi connectivity index (χ0n) is 19.5. The van der Waals surface area contributed by atoms with Crippen molar-refractivity contribution in [2.75, 3.05) is 13.1 Å². The number of rotatable bonds is 4. The highest BCUT2D eigenvalue weighted by Crippen LogP contribution is 2.38. The van der Waals surface area contributed by atoms with Crippen molar-refractivity contribution in [3.63, 3.8) is 0 Å². The average molecular weight is 494 g/mol. The third-order valence-electron chi connectivity index (χ3n) is 7.67. The summed E-state index contributed by atoms with van der Waals surface area (Å²) in [5.41, 5.74) is 2.27. The molecule has 3 aromatic rings. The van der Waals surface area contributed by atoms with Gasteiger partial charge in [0.2, 0.25) is 11.8 Å². The fourth-order valence-electron chi connectivity index (χ4n) is 5.75. The summed E-state index contributed by atoms with van der Waals surface area (Å²) in [6.07, 6.45) is 3.27. The van der Waals surface area contributed by atoms with E-state index in [1.165, 1.54) is 4.90 Å². The molecule has 3 amide bonds. The molecule has 0 bridgehead atoms. The maximum atomic E-state index is 15.7. The fourth-order valence-corrected chi connectivity index (χ4v) is 5.75. The van der Waals surface area contributed by atoms with E-state index in [0.717, 1.165) is 29.1 Å². The molecule has 4 heterocycles. The average Bonchev–Trinajstić information content (AvgIpc) is 3.45. The zero-order valence-corrected chi connectivity index (χ0v) is 19.5. The van der Waals surface area contributed by atoms with Crippen LogP contribution in [0.15, 0.2) is 30.5 Å². The van der Waals surface area contributed by atoms with Gasteiger partial charge in [0, 0.05) is 29.5 Å². The predicted octanol–water partition coefficient (Wildman–Crippen LogP) is 2.98. The Morgan fingerprint density at radius 1 is 1.06 bits per heavy atom. The van der Waals surface area contributed by atoms with Crippen LogP contribution in [0.1, 0.15) is 58.6 Å². The standard InChI is InChI=1S/C26H25F2N5O3/c27-19-10-17-18(13-33(26(17)36)21-3-4-22(34)30-25(21)35)24(28)23(19)15-5-7-32(8-6-15)12-14-1-2-20-16(9-14)11-29-31-20/h1-2,9-11,15,21H,3-8,12-13H2,(H,29,31)(H,30,34,35). The minimum Gasteiger partial charge on any atom is -0.322 e. The van der Waals surface area contributed by atoms with Crippen molar-refractivity contribution in [3.8, 4) is 0 Å². The Labute approximate surface area is 205 Å². The lowest BCUT2D eigenvalue weighted by Crippen LogP contribution is -2.52. The second kappa shape index (κ2) is 8.77. The van der Waals surface area contributed by atoms with Crippen LogP contribution < -0.4 is 5.32 Å². The van der Waals surface area contributed by atoms with E-state index in [1.807, 2.05) is 6.07 Å². The van der Waals surface area contributed by atoms with Crippen LogP contribution in [0.25, 0.3) is 10.9 Å². The number of likely N-dealkylation sites (tertiary alicyclic amines) is 1. The van der Waals surface area contributed by atoms with Crippen LogP contribution in [0.2, 0.25) is 0 Å². The summed E-state index contributed by atoms with van der Waals surface area (Å²) in [4.78, 5) is 40.2. The molecule has 2 fully saturated rings. The Bertz CT molecular complexity index is 1400. The minimum absolute atomic E-state index is 0.0335. The van der Waals surface area contributed by atoms with Crippen LogP contribution in [0.3, 0.4) is 0 Å². The van der Waals surface area contributed by atoms with E-state index in [4.69, 9.17) is 0 Å². The molecular formula is C26H25F2N5O3. The molecule has 36 heavy (non-hydrogen) atoms. The topological polar surface area (TPSA) is 98.4 Å². The zero-order chi connectivity index (χ0) is 25.0. The Kier molecular flexibility index (Phi) is 5.55. The quantitative estimate of drug-likeness (QED) is 0.545. The first-order valence-electron chi connectivity index (χ1n) is 12.2. The molecule has 2 N–H and O–H groups in total. The molecule has 1 aromatic heterocycles. The molecule has 0 spiro atoms. The maximum absolute atomic E-state index is 15.7. The van der Waals surface area contributed by atoms with Gasteiger partial charge in [-0.15, -0.1) is 0 Å². The van der Waals surface area contributed by atoms with Gasteiger partial charge in [-0.25, -0.2) is 8.78 Å². The number of hydrogen-bond donors (Lipinski definition) is 2. The number of H-pyrrole nitrogens is 1. The Morgan fingerprint density at radius 3 is 2.64 bits per heavy atom. The first kappa shape index (κ1) is 22.8. The highest BCUT2D eigenvalue weighted by Gasteiger charge is 2.42. The Balaban J connectivity index is 1.17. The van der Waals surface area contributed by atoms with Crippen LogP contribution in [-0.2, 0) is 22.7 Å². The first-order valence-corrected chi connectivity index (χ1v) is 12.2. The van der Waals surface area contributed by atoms with Crippen molar-refractivity contribution >= 4 is 28.6 Å². The number of nitrogens with zero attached hydrogens (tertiary/aromatic N) is 3. The largest absolute Gasteiger partial charge is 0.322 e. The monoisotopic (exact) mass is 493 g/mol. The molecular weight excluding hydrogens is 468 g/mol. The van der Waals surface area contributed by atoms with E-state index in [2.05, 4.69) is 32.5 Å². The number of aromatic amines is 1. The van der Waals surface area contributed by atoms with E-state index in [0.29, 0.717) is 25.9 Å². The normalized spacial score (nSPS) is 21.3. The van der Waals surface area contributed by atoms with Crippen molar-refractivity contribution in [1.82, 2.24) is 25.3 Å². The van der Waals surface area contributed by atoms with Crippen LogP contribution in [0.5, 0.6) is 0 Å². The van der Waals surface area contributed by atoms with Gasteiger partial charge in [-0.05, 0) is 62.0 Å². The molecule has 0 radical (unpaired) electrons. The number of carbonyl (C=O) groups excluding carboxylic acids is 3. The van der Waals surface area contributed by atoms with Crippen molar-refractivity contribution < 1.29 is 23.2 Å². The van der Waals surface area contributed by atoms with Gasteiger partial charge in [0.05, 0.1) is 23.8 Å². The van der Waals surface area contributed by atoms with Crippen molar-refractivity contribution in [2.24, 2.45) is 0 Å². The molecule has 186 valence electrons. The number of carbonyl (C=O) groups is 3. The van der Waals surface area contributed by atoms with E-state index >= 15 is 8.78 Å². The third kappa shape index (κ3) is 3.85. The molecule has 6 rings (SSSR count). The SMILES string of the molecule is O=C1CCC(N2Cc3c(cc(F)c(C4CCN(Cc5ccc6[nH]ncc6c5)CC4)c3F)C2=O)C(=O)N1. The molecule has 8 nitrogen and oxygen atoms in total. The van der Waals surface area contributed by atoms with Gasteiger partial charge in [-0.3, -0.25) is 29.7 Å². The molecule has 3 aliphatic heterocycles. The fraction of sp³-hybridized carbons (Fsp3) is 0.385. The summed E-state index contributed by atoms with van der Waals surface area (Å²) in [6, 6.07) is 6.40. The van der Waals surface area contributed by atoms with E-state index < -0.39 is 35.4 Å². The van der Waals surface area contributed by atoms with E-state index in [1.54, 1.807) is 6.20 Å². The highest BCUT2D eigenvalue weighted by molar-refractivity contribution is 6.05. The first-order chi connectivity index (χ1) is 17.4. The Morgan fingerprint density at radius 2 is 1.86 bits per heavy atom. The van der Waals surface area contributed by atoms with Gasteiger partial charge in [0.15, 0.2) is 0 Å². The number of nitrogens with one attached hydrogen (secondary N) is 2. The molecule has 0 saturated carbocycles. The number of amides is 3. The smallest absolute Gasteiger partial charge is 0.255 e. The summed E-state index contributed by atoms with van der Waals surface area (Å²) in [5, 5.41) is 10.3. The second-order valence-electron chi connectivity index (χ2n) is 9.85. The number of halogens is 2. The minimum atomic E-state index is -0.863. The summed E-state index contributed by atoms with van der Waals surface area (Å²) < 4.78 is 30.8. The number of piperidine rings is 2. The molecule has 3 aliphatic rings. The van der Waals surface area contributed by atoms with Crippen LogP contribution in [0, 0.1) is 11.6 Å². The summed E-state index contributed by atoms with van der Waals surface area (Å²) >= 11 is 0. The van der Waals surface area contributed by atoms with Crippen LogP contribution in [-0.4, -0.2) is 56.9 Å². The third-order valence-corrected chi connectivity index (χ3v) is 7.67. The number of fused-ring (bicyclic) bond motifs is 2. The molecule has 2 aromatic carbocycles. The number of hydrogen-bond acceptors (Lipinski definition) is 5. The Hall–Kier alpha value is -3.66. The summed E-state index contributed by atoms with van der Waals surface area (Å²) in [5.74, 6) is -3.23. The van der Waals surface area contributed by atoms with E-state index in [9.17, 15) is 14.4 Å². The molecule has 10 heteroatoms. The number of aromatic nitrogens is 2. The summed E-state index contributed by atoms with van der Waals surface area (Å²) in [7, 11) is 0. The van der Waals surface area contributed by atoms with Crippen LogP contribution >= 0.6 is 0 Å². The predicted molar refractivity (Wildman–Crippen MR) is 126 cm³/mol. The van der Waals surface area contributed by atoms with Crippen molar-refractivity contribution in [3.05, 3.63) is 64.4 Å². The number of imide groups is 1. The summed E-state index contributed by atoms with van der Waals surface area (Å²) in [6.45, 7) is 2.05. The van der Waals surface area contributed by atoms with Crippen LogP contribution in [0.4, 0.5) is 8.78 Å². The lowest BCUT2D eigenvalue weighted by Gasteiger charge is -2.32. The second-order valence-corrected chi connectivity index (χ2v) is 9.85. The molecule has 1 unspecified atom stereocenters. The maximum Gasteiger partial charge on any atom is 0.255 e. The van der Waals surface area contributed by atoms with E-state index in [-0.39, 0.29) is 42.0 Å². The molecule has 0 aliphatic carbocycles. The van der Waals surface area contributed by atoms with Gasteiger partial charge in [0.25, 0.3) is 5.91 Å².